The summed E-state index contributed by atoms with van der Waals surface area (Å²) in [6.07, 6.45) is 5.25. The van der Waals surface area contributed by atoms with Crippen LogP contribution in [0, 0.1) is 5.92 Å². The van der Waals surface area contributed by atoms with Crippen LogP contribution >= 0.6 is 0 Å². The second-order valence-corrected chi connectivity index (χ2v) is 4.67. The molecule has 0 aromatic carbocycles. The summed E-state index contributed by atoms with van der Waals surface area (Å²) in [5, 5.41) is 15.6. The van der Waals surface area contributed by atoms with Crippen LogP contribution in [0.4, 0.5) is 0 Å². The lowest BCUT2D eigenvalue weighted by Gasteiger charge is -2.32. The predicted octanol–water partition coefficient (Wildman–Crippen LogP) is 0.886. The van der Waals surface area contributed by atoms with Crippen molar-refractivity contribution in [3.63, 3.8) is 0 Å². The van der Waals surface area contributed by atoms with Crippen LogP contribution in [0.5, 0.6) is 0 Å². The molecule has 1 aliphatic carbocycles. The van der Waals surface area contributed by atoms with E-state index in [4.69, 9.17) is 5.11 Å². The van der Waals surface area contributed by atoms with E-state index in [1.54, 1.807) is 17.1 Å². The first-order valence-corrected chi connectivity index (χ1v) is 6.16. The standard InChI is InChI=1S/C12H17N3O3/c1-2-3-15-7-9(6-13-15)11(16)14-10-4-8(5-10)12(17)18/h6-8,10H,2-5H2,1H3,(H,14,16)(H,17,18). The quantitative estimate of drug-likeness (QED) is 0.813. The van der Waals surface area contributed by atoms with E-state index in [9.17, 15) is 9.59 Å². The average molecular weight is 251 g/mol. The van der Waals surface area contributed by atoms with Crippen LogP contribution in [-0.4, -0.2) is 32.8 Å². The van der Waals surface area contributed by atoms with Gasteiger partial charge in [-0.1, -0.05) is 6.92 Å². The fourth-order valence-electron chi connectivity index (χ4n) is 2.04. The number of hydrogen-bond donors (Lipinski definition) is 2. The summed E-state index contributed by atoms with van der Waals surface area (Å²) in [4.78, 5) is 22.5. The lowest BCUT2D eigenvalue weighted by molar-refractivity contribution is -0.145. The minimum Gasteiger partial charge on any atom is -0.481 e. The van der Waals surface area contributed by atoms with Gasteiger partial charge < -0.3 is 10.4 Å². The Morgan fingerprint density at radius 1 is 1.56 bits per heavy atom. The van der Waals surface area contributed by atoms with Crippen molar-refractivity contribution in [2.45, 2.75) is 38.8 Å². The first-order chi connectivity index (χ1) is 8.60. The zero-order valence-corrected chi connectivity index (χ0v) is 10.3. The van der Waals surface area contributed by atoms with Gasteiger partial charge in [0.2, 0.25) is 0 Å². The van der Waals surface area contributed by atoms with Gasteiger partial charge in [-0.15, -0.1) is 0 Å². The number of amides is 1. The zero-order valence-electron chi connectivity index (χ0n) is 10.3. The van der Waals surface area contributed by atoms with E-state index in [1.165, 1.54) is 0 Å². The third kappa shape index (κ3) is 2.69. The van der Waals surface area contributed by atoms with E-state index >= 15 is 0 Å². The third-order valence-electron chi connectivity index (χ3n) is 3.17. The summed E-state index contributed by atoms with van der Waals surface area (Å²) in [5.41, 5.74) is 0.530. The fourth-order valence-corrected chi connectivity index (χ4v) is 2.04. The fraction of sp³-hybridized carbons (Fsp3) is 0.583. The Balaban J connectivity index is 1.83. The van der Waals surface area contributed by atoms with Gasteiger partial charge in [0.1, 0.15) is 0 Å². The van der Waals surface area contributed by atoms with Crippen LogP contribution in [0.2, 0.25) is 0 Å². The van der Waals surface area contributed by atoms with Crippen LogP contribution in [0.25, 0.3) is 0 Å². The zero-order chi connectivity index (χ0) is 13.1. The first-order valence-electron chi connectivity index (χ1n) is 6.16. The molecule has 0 aliphatic heterocycles. The Labute approximate surface area is 105 Å². The van der Waals surface area contributed by atoms with Crippen LogP contribution in [-0.2, 0) is 11.3 Å². The van der Waals surface area contributed by atoms with Crippen LogP contribution in [0.3, 0.4) is 0 Å². The van der Waals surface area contributed by atoms with Gasteiger partial charge in [-0.25, -0.2) is 0 Å². The molecule has 2 N–H and O–H groups in total. The molecular weight excluding hydrogens is 234 g/mol. The molecule has 0 atom stereocenters. The largest absolute Gasteiger partial charge is 0.481 e. The van der Waals surface area contributed by atoms with E-state index < -0.39 is 5.97 Å². The van der Waals surface area contributed by atoms with Gasteiger partial charge in [0.25, 0.3) is 5.91 Å². The van der Waals surface area contributed by atoms with E-state index in [2.05, 4.69) is 10.4 Å². The van der Waals surface area contributed by atoms with Crippen LogP contribution in [0.1, 0.15) is 36.5 Å². The number of aromatic nitrogens is 2. The molecule has 0 saturated heterocycles. The van der Waals surface area contributed by atoms with Gasteiger partial charge in [-0.05, 0) is 19.3 Å². The highest BCUT2D eigenvalue weighted by Gasteiger charge is 2.35. The number of nitrogens with zero attached hydrogens (tertiary/aromatic N) is 2. The van der Waals surface area contributed by atoms with Crippen molar-refractivity contribution in [1.82, 2.24) is 15.1 Å². The summed E-state index contributed by atoms with van der Waals surface area (Å²) in [5.74, 6) is -1.26. The lowest BCUT2D eigenvalue weighted by Crippen LogP contribution is -2.46. The van der Waals surface area contributed by atoms with Crippen molar-refractivity contribution >= 4 is 11.9 Å². The van der Waals surface area contributed by atoms with Crippen molar-refractivity contribution in [3.8, 4) is 0 Å². The van der Waals surface area contributed by atoms with Gasteiger partial charge in [0.15, 0.2) is 0 Å². The number of hydrogen-bond acceptors (Lipinski definition) is 3. The van der Waals surface area contributed by atoms with Crippen LogP contribution < -0.4 is 5.32 Å². The minimum atomic E-state index is -0.781. The molecule has 6 heteroatoms. The normalized spacial score (nSPS) is 22.3. The molecule has 1 heterocycles. The van der Waals surface area contributed by atoms with E-state index in [0.717, 1.165) is 13.0 Å². The molecular formula is C12H17N3O3. The Kier molecular flexibility index (Phi) is 3.64. The molecule has 0 radical (unpaired) electrons. The summed E-state index contributed by atoms with van der Waals surface area (Å²) >= 11 is 0. The third-order valence-corrected chi connectivity index (χ3v) is 3.17. The van der Waals surface area contributed by atoms with Crippen molar-refractivity contribution in [1.29, 1.82) is 0 Å². The number of aryl methyl sites for hydroxylation is 1. The number of aliphatic carboxylic acids is 1. The van der Waals surface area contributed by atoms with Gasteiger partial charge in [-0.2, -0.15) is 5.10 Å². The van der Waals surface area contributed by atoms with Gasteiger partial charge in [0, 0.05) is 18.8 Å². The number of nitrogens with one attached hydrogen (secondary N) is 1. The Morgan fingerprint density at radius 3 is 2.89 bits per heavy atom. The maximum atomic E-state index is 11.8. The topological polar surface area (TPSA) is 84.2 Å². The highest BCUT2D eigenvalue weighted by molar-refractivity contribution is 5.94. The Bertz CT molecular complexity index is 449. The van der Waals surface area contributed by atoms with E-state index in [0.29, 0.717) is 18.4 Å². The lowest BCUT2D eigenvalue weighted by atomic mass is 9.80. The maximum Gasteiger partial charge on any atom is 0.306 e. The number of carbonyl (C=O) groups excluding carboxylic acids is 1. The molecule has 1 amide bonds. The van der Waals surface area contributed by atoms with Gasteiger partial charge >= 0.3 is 5.97 Å². The molecule has 1 saturated carbocycles. The van der Waals surface area contributed by atoms with Crippen LogP contribution in [0.15, 0.2) is 12.4 Å². The number of carbonyl (C=O) groups is 2. The molecule has 1 aliphatic rings. The summed E-state index contributed by atoms with van der Waals surface area (Å²) in [6, 6.07) is -0.0203. The molecule has 1 aromatic rings. The minimum absolute atomic E-state index is 0.0203. The summed E-state index contributed by atoms with van der Waals surface area (Å²) in [6.45, 7) is 2.83. The number of carboxylic acid groups (broad SMARTS) is 1. The monoisotopic (exact) mass is 251 g/mol. The average Bonchev–Trinajstić information content (AvgIpc) is 2.71. The van der Waals surface area contributed by atoms with Crippen molar-refractivity contribution in [2.75, 3.05) is 0 Å². The SMILES string of the molecule is CCCn1cc(C(=O)NC2CC(C(=O)O)C2)cn1. The summed E-state index contributed by atoms with van der Waals surface area (Å²) in [7, 11) is 0. The van der Waals surface area contributed by atoms with E-state index in [1.807, 2.05) is 6.92 Å². The highest BCUT2D eigenvalue weighted by atomic mass is 16.4. The van der Waals surface area contributed by atoms with Crippen molar-refractivity contribution in [2.24, 2.45) is 5.92 Å². The van der Waals surface area contributed by atoms with Crippen molar-refractivity contribution < 1.29 is 14.7 Å². The second kappa shape index (κ2) is 5.20. The van der Waals surface area contributed by atoms with Gasteiger partial charge in [0.05, 0.1) is 17.7 Å². The molecule has 0 unspecified atom stereocenters. The predicted molar refractivity (Wildman–Crippen MR) is 64.1 cm³/mol. The first kappa shape index (κ1) is 12.6. The summed E-state index contributed by atoms with van der Waals surface area (Å²) < 4.78 is 1.73. The molecule has 0 bridgehead atoms. The molecule has 2 rings (SSSR count). The molecule has 18 heavy (non-hydrogen) atoms. The molecule has 0 spiro atoms. The van der Waals surface area contributed by atoms with Crippen molar-refractivity contribution in [3.05, 3.63) is 18.0 Å². The molecule has 1 fully saturated rings. The Morgan fingerprint density at radius 2 is 2.28 bits per heavy atom. The Hall–Kier alpha value is -1.85. The number of carboxylic acids is 1. The molecule has 6 nitrogen and oxygen atoms in total. The molecule has 1 aromatic heterocycles. The van der Waals surface area contributed by atoms with E-state index in [-0.39, 0.29) is 17.9 Å². The molecule has 98 valence electrons. The highest BCUT2D eigenvalue weighted by Crippen LogP contribution is 2.27. The second-order valence-electron chi connectivity index (χ2n) is 4.67. The smallest absolute Gasteiger partial charge is 0.306 e. The number of rotatable bonds is 5. The van der Waals surface area contributed by atoms with Gasteiger partial charge in [-0.3, -0.25) is 14.3 Å². The maximum absolute atomic E-state index is 11.8.